The van der Waals surface area contributed by atoms with Gasteiger partial charge in [-0.05, 0) is 6.42 Å². The van der Waals surface area contributed by atoms with E-state index in [1.54, 1.807) is 0 Å². The number of rotatable bonds is 3. The summed E-state index contributed by atoms with van der Waals surface area (Å²) in [6.45, 7) is 2.18. The van der Waals surface area contributed by atoms with E-state index in [9.17, 15) is 4.79 Å². The zero-order valence-corrected chi connectivity index (χ0v) is 10.4. The van der Waals surface area contributed by atoms with Crippen LogP contribution < -0.4 is 0 Å². The van der Waals surface area contributed by atoms with Gasteiger partial charge in [-0.2, -0.15) is 0 Å². The van der Waals surface area contributed by atoms with Gasteiger partial charge < -0.3 is 9.47 Å². The third kappa shape index (κ3) is 1.91. The highest BCUT2D eigenvalue weighted by atomic mass is 127. The van der Waals surface area contributed by atoms with Gasteiger partial charge in [0.05, 0.1) is 16.4 Å². The average molecular weight is 310 g/mol. The Labute approximate surface area is 97.7 Å². The predicted molar refractivity (Wildman–Crippen MR) is 60.5 cm³/mol. The second-order valence-electron chi connectivity index (χ2n) is 3.96. The van der Waals surface area contributed by atoms with Gasteiger partial charge in [0, 0.05) is 0 Å². The number of carbonyl (C=O) groups is 1. The van der Waals surface area contributed by atoms with Crippen LogP contribution in [0, 0.1) is 0 Å². The normalized spacial score (nSPS) is 41.1. The highest BCUT2D eigenvalue weighted by Gasteiger charge is 2.49. The molecule has 0 amide bonds. The van der Waals surface area contributed by atoms with Crippen molar-refractivity contribution in [3.05, 3.63) is 0 Å². The highest BCUT2D eigenvalue weighted by molar-refractivity contribution is 14.1. The summed E-state index contributed by atoms with van der Waals surface area (Å²) >= 11 is 2.36. The fourth-order valence-electron chi connectivity index (χ4n) is 2.10. The number of alkyl halides is 1. The number of ether oxygens (including phenoxy) is 2. The lowest BCUT2D eigenvalue weighted by Crippen LogP contribution is -2.26. The summed E-state index contributed by atoms with van der Waals surface area (Å²) < 4.78 is 11.4. The molecule has 0 N–H and O–H groups in total. The van der Waals surface area contributed by atoms with Crippen molar-refractivity contribution in [3.8, 4) is 0 Å². The van der Waals surface area contributed by atoms with Crippen LogP contribution in [0.2, 0.25) is 0 Å². The lowest BCUT2D eigenvalue weighted by atomic mass is 10.1. The molecule has 0 radical (unpaired) electrons. The SMILES string of the molecule is CCCC[C@H]1O[C@@H]2CC(=O)O[C@@H]2[C@@H]1I. The number of hydrogen-bond donors (Lipinski definition) is 0. The monoisotopic (exact) mass is 310 g/mol. The zero-order valence-electron chi connectivity index (χ0n) is 8.24. The van der Waals surface area contributed by atoms with Gasteiger partial charge in [0.25, 0.3) is 0 Å². The van der Waals surface area contributed by atoms with Crippen LogP contribution in [0.1, 0.15) is 32.6 Å². The highest BCUT2D eigenvalue weighted by Crippen LogP contribution is 2.37. The van der Waals surface area contributed by atoms with E-state index in [4.69, 9.17) is 9.47 Å². The van der Waals surface area contributed by atoms with Crippen molar-refractivity contribution < 1.29 is 14.3 Å². The molecule has 2 rings (SSSR count). The van der Waals surface area contributed by atoms with Gasteiger partial charge in [0.1, 0.15) is 12.2 Å². The summed E-state index contributed by atoms with van der Waals surface area (Å²) in [6.07, 6.45) is 4.27. The second kappa shape index (κ2) is 4.35. The first-order chi connectivity index (χ1) is 6.72. The van der Waals surface area contributed by atoms with E-state index in [2.05, 4.69) is 29.5 Å². The first kappa shape index (κ1) is 10.7. The fourth-order valence-corrected chi connectivity index (χ4v) is 3.23. The lowest BCUT2D eigenvalue weighted by Gasteiger charge is -2.15. The molecule has 3 nitrogen and oxygen atoms in total. The molecule has 0 aromatic heterocycles. The minimum atomic E-state index is -0.101. The van der Waals surface area contributed by atoms with Gasteiger partial charge in [-0.1, -0.05) is 42.4 Å². The Morgan fingerprint density at radius 3 is 3.00 bits per heavy atom. The summed E-state index contributed by atoms with van der Waals surface area (Å²) in [5.74, 6) is -0.101. The molecule has 2 aliphatic rings. The molecule has 0 aliphatic carbocycles. The number of unbranched alkanes of at least 4 members (excludes halogenated alkanes) is 1. The third-order valence-corrected chi connectivity index (χ3v) is 4.37. The van der Waals surface area contributed by atoms with Crippen LogP contribution in [0.5, 0.6) is 0 Å². The second-order valence-corrected chi connectivity index (χ2v) is 5.40. The zero-order chi connectivity index (χ0) is 10.1. The van der Waals surface area contributed by atoms with E-state index in [0.717, 1.165) is 6.42 Å². The summed E-state index contributed by atoms with van der Waals surface area (Å²) in [5, 5.41) is 0. The molecule has 0 aromatic rings. The van der Waals surface area contributed by atoms with E-state index in [-0.39, 0.29) is 18.2 Å². The molecular formula is C10H15IO3. The molecule has 0 spiro atoms. The molecule has 0 saturated carbocycles. The number of esters is 1. The standard InChI is InChI=1S/C10H15IO3/c1-2-3-4-6-9(11)10-7(13-6)5-8(12)14-10/h6-7,9-10H,2-5H2,1H3/t6-,7-,9-,10+/m1/s1. The number of fused-ring (bicyclic) bond motifs is 1. The summed E-state index contributed by atoms with van der Waals surface area (Å²) in [5.41, 5.74) is 0. The molecule has 2 fully saturated rings. The Morgan fingerprint density at radius 2 is 2.36 bits per heavy atom. The van der Waals surface area contributed by atoms with Crippen molar-refractivity contribution in [1.82, 2.24) is 0 Å². The Bertz CT molecular complexity index is 231. The maximum absolute atomic E-state index is 11.0. The first-order valence-electron chi connectivity index (χ1n) is 5.21. The smallest absolute Gasteiger partial charge is 0.308 e. The van der Waals surface area contributed by atoms with Crippen molar-refractivity contribution in [1.29, 1.82) is 0 Å². The third-order valence-electron chi connectivity index (χ3n) is 2.86. The number of carbonyl (C=O) groups excluding carboxylic acids is 1. The van der Waals surface area contributed by atoms with Gasteiger partial charge in [-0.3, -0.25) is 4.79 Å². The van der Waals surface area contributed by atoms with Gasteiger partial charge >= 0.3 is 5.97 Å². The molecule has 4 atom stereocenters. The summed E-state index contributed by atoms with van der Waals surface area (Å²) in [7, 11) is 0. The lowest BCUT2D eigenvalue weighted by molar-refractivity contribution is -0.141. The molecular weight excluding hydrogens is 295 g/mol. The minimum Gasteiger partial charge on any atom is -0.458 e. The van der Waals surface area contributed by atoms with Crippen molar-refractivity contribution in [2.75, 3.05) is 0 Å². The molecule has 14 heavy (non-hydrogen) atoms. The minimum absolute atomic E-state index is 0.0185. The Hall–Kier alpha value is 0.160. The predicted octanol–water partition coefficient (Wildman–Crippen LogP) is 2.06. The van der Waals surface area contributed by atoms with Crippen molar-refractivity contribution >= 4 is 28.6 Å². The first-order valence-corrected chi connectivity index (χ1v) is 6.46. The van der Waals surface area contributed by atoms with Crippen LogP contribution in [0.4, 0.5) is 0 Å². The number of halogens is 1. The van der Waals surface area contributed by atoms with Crippen LogP contribution in [-0.2, 0) is 14.3 Å². The van der Waals surface area contributed by atoms with Crippen LogP contribution >= 0.6 is 22.6 Å². The maximum Gasteiger partial charge on any atom is 0.308 e. The van der Waals surface area contributed by atoms with Crippen LogP contribution in [0.25, 0.3) is 0 Å². The number of hydrogen-bond acceptors (Lipinski definition) is 3. The van der Waals surface area contributed by atoms with E-state index >= 15 is 0 Å². The fraction of sp³-hybridized carbons (Fsp3) is 0.900. The topological polar surface area (TPSA) is 35.5 Å². The van der Waals surface area contributed by atoms with Gasteiger partial charge in [-0.15, -0.1) is 0 Å². The van der Waals surface area contributed by atoms with Crippen molar-refractivity contribution in [3.63, 3.8) is 0 Å². The largest absolute Gasteiger partial charge is 0.458 e. The van der Waals surface area contributed by atoms with Crippen molar-refractivity contribution in [2.45, 2.75) is 54.8 Å². The van der Waals surface area contributed by atoms with Gasteiger partial charge in [-0.25, -0.2) is 0 Å². The van der Waals surface area contributed by atoms with Crippen LogP contribution in [0.15, 0.2) is 0 Å². The Morgan fingerprint density at radius 1 is 1.57 bits per heavy atom. The Balaban J connectivity index is 1.91. The molecule has 2 heterocycles. The van der Waals surface area contributed by atoms with E-state index in [0.29, 0.717) is 16.4 Å². The molecule has 4 heteroatoms. The molecule has 80 valence electrons. The van der Waals surface area contributed by atoms with Gasteiger partial charge in [0.2, 0.25) is 0 Å². The molecule has 0 bridgehead atoms. The summed E-state index contributed by atoms with van der Waals surface area (Å²) in [6, 6.07) is 0. The van der Waals surface area contributed by atoms with E-state index < -0.39 is 0 Å². The summed E-state index contributed by atoms with van der Waals surface area (Å²) in [4.78, 5) is 11.0. The van der Waals surface area contributed by atoms with E-state index in [1.165, 1.54) is 12.8 Å². The van der Waals surface area contributed by atoms with Gasteiger partial charge in [0.15, 0.2) is 0 Å². The van der Waals surface area contributed by atoms with Crippen LogP contribution in [0.3, 0.4) is 0 Å². The Kier molecular flexibility index (Phi) is 3.31. The molecule has 0 unspecified atom stereocenters. The van der Waals surface area contributed by atoms with Crippen molar-refractivity contribution in [2.24, 2.45) is 0 Å². The molecule has 0 aromatic carbocycles. The van der Waals surface area contributed by atoms with Crippen LogP contribution in [-0.4, -0.2) is 28.2 Å². The molecule has 2 aliphatic heterocycles. The van der Waals surface area contributed by atoms with E-state index in [1.807, 2.05) is 0 Å². The quantitative estimate of drug-likeness (QED) is 0.455. The average Bonchev–Trinajstić information content (AvgIpc) is 2.63. The maximum atomic E-state index is 11.0. The molecule has 2 saturated heterocycles.